The molecule has 0 saturated heterocycles. The van der Waals surface area contributed by atoms with Crippen LogP contribution >= 0.6 is 0 Å². The van der Waals surface area contributed by atoms with Gasteiger partial charge in [-0.1, -0.05) is 54.6 Å². The lowest BCUT2D eigenvalue weighted by atomic mass is 9.99. The standard InChI is InChI=1S/C18H15N/c1-2-7-15(8-3-1)17-10-11-18-16-9-5-4-6-14(16)12-13-19(17)18/h1-11H,12-13H2. The quantitative estimate of drug-likeness (QED) is 0.599. The fraction of sp³-hybridized carbons (Fsp3) is 0.111. The summed E-state index contributed by atoms with van der Waals surface area (Å²) >= 11 is 0. The number of aryl methyl sites for hydroxylation is 1. The summed E-state index contributed by atoms with van der Waals surface area (Å²) in [5.41, 5.74) is 6.82. The molecule has 0 bridgehead atoms. The molecule has 0 spiro atoms. The van der Waals surface area contributed by atoms with Crippen molar-refractivity contribution in [2.24, 2.45) is 0 Å². The van der Waals surface area contributed by atoms with Crippen molar-refractivity contribution in [3.05, 3.63) is 72.3 Å². The second-order valence-electron chi connectivity index (χ2n) is 5.03. The molecular formula is C18H15N. The van der Waals surface area contributed by atoms with Crippen molar-refractivity contribution in [3.63, 3.8) is 0 Å². The Balaban J connectivity index is 1.91. The molecule has 4 rings (SSSR count). The monoisotopic (exact) mass is 245 g/mol. The van der Waals surface area contributed by atoms with E-state index in [4.69, 9.17) is 0 Å². The van der Waals surface area contributed by atoms with Gasteiger partial charge in [0.25, 0.3) is 0 Å². The predicted molar refractivity (Wildman–Crippen MR) is 79.0 cm³/mol. The molecule has 0 aliphatic carbocycles. The van der Waals surface area contributed by atoms with Gasteiger partial charge in [-0.2, -0.15) is 0 Å². The van der Waals surface area contributed by atoms with Gasteiger partial charge in [0, 0.05) is 23.5 Å². The fourth-order valence-electron chi connectivity index (χ4n) is 3.03. The Bertz CT molecular complexity index is 709. The van der Waals surface area contributed by atoms with Crippen LogP contribution in [0.5, 0.6) is 0 Å². The Morgan fingerprint density at radius 1 is 0.684 bits per heavy atom. The van der Waals surface area contributed by atoms with Crippen molar-refractivity contribution in [1.29, 1.82) is 0 Å². The molecule has 0 N–H and O–H groups in total. The molecule has 2 heterocycles. The van der Waals surface area contributed by atoms with E-state index in [0.717, 1.165) is 13.0 Å². The Labute approximate surface area is 113 Å². The van der Waals surface area contributed by atoms with Gasteiger partial charge in [0.2, 0.25) is 0 Å². The summed E-state index contributed by atoms with van der Waals surface area (Å²) in [6.45, 7) is 1.07. The predicted octanol–water partition coefficient (Wildman–Crippen LogP) is 4.38. The maximum atomic E-state index is 2.44. The first-order valence-corrected chi connectivity index (χ1v) is 6.77. The Hall–Kier alpha value is -2.28. The lowest BCUT2D eigenvalue weighted by Gasteiger charge is -2.21. The zero-order valence-corrected chi connectivity index (χ0v) is 10.7. The molecule has 0 saturated carbocycles. The summed E-state index contributed by atoms with van der Waals surface area (Å²) in [4.78, 5) is 0. The van der Waals surface area contributed by atoms with Gasteiger partial charge in [-0.05, 0) is 29.7 Å². The topological polar surface area (TPSA) is 4.93 Å². The minimum Gasteiger partial charge on any atom is -0.340 e. The highest BCUT2D eigenvalue weighted by molar-refractivity contribution is 5.72. The molecule has 1 aromatic heterocycles. The van der Waals surface area contributed by atoms with Crippen LogP contribution in [0.15, 0.2) is 66.7 Å². The summed E-state index contributed by atoms with van der Waals surface area (Å²) in [5, 5.41) is 0. The average Bonchev–Trinajstić information content (AvgIpc) is 2.92. The molecule has 2 aromatic carbocycles. The van der Waals surface area contributed by atoms with Crippen molar-refractivity contribution < 1.29 is 0 Å². The number of aromatic nitrogens is 1. The molecule has 0 amide bonds. The van der Waals surface area contributed by atoms with Gasteiger partial charge in [-0.15, -0.1) is 0 Å². The maximum absolute atomic E-state index is 2.44. The number of hydrogen-bond acceptors (Lipinski definition) is 0. The summed E-state index contributed by atoms with van der Waals surface area (Å²) < 4.78 is 2.44. The van der Waals surface area contributed by atoms with E-state index in [1.165, 1.54) is 28.1 Å². The van der Waals surface area contributed by atoms with Crippen LogP contribution in [0.4, 0.5) is 0 Å². The van der Waals surface area contributed by atoms with E-state index in [1.807, 2.05) is 0 Å². The smallest absolute Gasteiger partial charge is 0.0488 e. The van der Waals surface area contributed by atoms with E-state index in [1.54, 1.807) is 0 Å². The van der Waals surface area contributed by atoms with Crippen LogP contribution in [-0.2, 0) is 13.0 Å². The summed E-state index contributed by atoms with van der Waals surface area (Å²) in [5.74, 6) is 0. The Morgan fingerprint density at radius 3 is 2.32 bits per heavy atom. The number of benzene rings is 2. The van der Waals surface area contributed by atoms with E-state index in [-0.39, 0.29) is 0 Å². The van der Waals surface area contributed by atoms with E-state index in [9.17, 15) is 0 Å². The highest BCUT2D eigenvalue weighted by Gasteiger charge is 2.18. The van der Waals surface area contributed by atoms with Gasteiger partial charge in [0.1, 0.15) is 0 Å². The van der Waals surface area contributed by atoms with Gasteiger partial charge < -0.3 is 4.57 Å². The summed E-state index contributed by atoms with van der Waals surface area (Å²) in [6.07, 6.45) is 1.12. The zero-order valence-electron chi connectivity index (χ0n) is 10.7. The van der Waals surface area contributed by atoms with E-state index < -0.39 is 0 Å². The van der Waals surface area contributed by atoms with Gasteiger partial charge in [0.05, 0.1) is 0 Å². The lowest BCUT2D eigenvalue weighted by molar-refractivity contribution is 0.695. The number of hydrogen-bond donors (Lipinski definition) is 0. The molecule has 0 atom stereocenters. The van der Waals surface area contributed by atoms with Crippen LogP contribution < -0.4 is 0 Å². The van der Waals surface area contributed by atoms with Crippen molar-refractivity contribution in [2.45, 2.75) is 13.0 Å². The van der Waals surface area contributed by atoms with Crippen LogP contribution in [0, 0.1) is 0 Å². The first-order valence-electron chi connectivity index (χ1n) is 6.77. The highest BCUT2D eigenvalue weighted by Crippen LogP contribution is 2.34. The zero-order chi connectivity index (χ0) is 12.7. The maximum Gasteiger partial charge on any atom is 0.0488 e. The van der Waals surface area contributed by atoms with Gasteiger partial charge >= 0.3 is 0 Å². The average molecular weight is 245 g/mol. The van der Waals surface area contributed by atoms with Crippen LogP contribution in [0.2, 0.25) is 0 Å². The van der Waals surface area contributed by atoms with Crippen molar-refractivity contribution in [2.75, 3.05) is 0 Å². The molecule has 92 valence electrons. The van der Waals surface area contributed by atoms with Crippen molar-refractivity contribution in [3.8, 4) is 22.5 Å². The molecular weight excluding hydrogens is 230 g/mol. The van der Waals surface area contributed by atoms with E-state index in [2.05, 4.69) is 71.3 Å². The first kappa shape index (κ1) is 10.6. The molecule has 1 aliphatic rings. The van der Waals surface area contributed by atoms with Crippen molar-refractivity contribution >= 4 is 0 Å². The van der Waals surface area contributed by atoms with Gasteiger partial charge in [-0.25, -0.2) is 0 Å². The molecule has 19 heavy (non-hydrogen) atoms. The molecule has 1 heteroatoms. The molecule has 0 radical (unpaired) electrons. The fourth-order valence-corrected chi connectivity index (χ4v) is 3.03. The molecule has 0 fully saturated rings. The Morgan fingerprint density at radius 2 is 1.42 bits per heavy atom. The second kappa shape index (κ2) is 4.13. The van der Waals surface area contributed by atoms with Gasteiger partial charge in [-0.3, -0.25) is 0 Å². The van der Waals surface area contributed by atoms with Crippen molar-refractivity contribution in [1.82, 2.24) is 4.57 Å². The normalized spacial score (nSPS) is 12.8. The second-order valence-corrected chi connectivity index (χ2v) is 5.03. The van der Waals surface area contributed by atoms with Crippen LogP contribution in [0.1, 0.15) is 5.56 Å². The third kappa shape index (κ3) is 1.62. The number of nitrogens with zero attached hydrogens (tertiary/aromatic N) is 1. The summed E-state index contributed by atoms with van der Waals surface area (Å²) in [6, 6.07) is 23.9. The minimum absolute atomic E-state index is 1.07. The van der Waals surface area contributed by atoms with Crippen LogP contribution in [0.3, 0.4) is 0 Å². The summed E-state index contributed by atoms with van der Waals surface area (Å²) in [7, 11) is 0. The Kier molecular flexibility index (Phi) is 2.31. The molecule has 1 nitrogen and oxygen atoms in total. The molecule has 3 aromatic rings. The van der Waals surface area contributed by atoms with Crippen LogP contribution in [0.25, 0.3) is 22.5 Å². The van der Waals surface area contributed by atoms with Gasteiger partial charge in [0.15, 0.2) is 0 Å². The highest BCUT2D eigenvalue weighted by atomic mass is 15.0. The third-order valence-corrected chi connectivity index (χ3v) is 3.95. The lowest BCUT2D eigenvalue weighted by Crippen LogP contribution is -2.11. The third-order valence-electron chi connectivity index (χ3n) is 3.95. The first-order chi connectivity index (χ1) is 9.43. The number of fused-ring (bicyclic) bond motifs is 3. The SMILES string of the molecule is c1ccc(-c2ccc3n2CCc2ccccc2-3)cc1. The number of rotatable bonds is 1. The van der Waals surface area contributed by atoms with E-state index >= 15 is 0 Å². The largest absolute Gasteiger partial charge is 0.340 e. The van der Waals surface area contributed by atoms with E-state index in [0.29, 0.717) is 0 Å². The molecule has 0 unspecified atom stereocenters. The molecule has 1 aliphatic heterocycles. The minimum atomic E-state index is 1.07. The van der Waals surface area contributed by atoms with Crippen LogP contribution in [-0.4, -0.2) is 4.57 Å².